The van der Waals surface area contributed by atoms with E-state index < -0.39 is 4.92 Å². The van der Waals surface area contributed by atoms with Gasteiger partial charge in [0.1, 0.15) is 11.2 Å². The third kappa shape index (κ3) is 2.46. The Hall–Kier alpha value is -2.37. The number of H-pyrrole nitrogens is 1. The first-order valence-corrected chi connectivity index (χ1v) is 8.72. The minimum absolute atomic E-state index is 0.0146. The predicted octanol–water partition coefficient (Wildman–Crippen LogP) is 3.87. The number of benzene rings is 1. The van der Waals surface area contributed by atoms with Crippen LogP contribution in [0.4, 0.5) is 5.69 Å². The number of nitro groups is 1. The van der Waals surface area contributed by atoms with E-state index >= 15 is 0 Å². The van der Waals surface area contributed by atoms with Gasteiger partial charge in [0.15, 0.2) is 0 Å². The summed E-state index contributed by atoms with van der Waals surface area (Å²) >= 11 is 0. The van der Waals surface area contributed by atoms with Gasteiger partial charge in [-0.3, -0.25) is 14.9 Å². The summed E-state index contributed by atoms with van der Waals surface area (Å²) in [5.41, 5.74) is 0.911. The molecular weight excluding hydrogens is 306 g/mol. The first kappa shape index (κ1) is 15.2. The largest absolute Gasteiger partial charge is 0.345 e. The quantitative estimate of drug-likeness (QED) is 0.671. The van der Waals surface area contributed by atoms with Crippen LogP contribution < -0.4 is 0 Å². The van der Waals surface area contributed by atoms with Crippen molar-refractivity contribution in [2.24, 2.45) is 5.92 Å². The molecule has 4 rings (SSSR count). The van der Waals surface area contributed by atoms with Crippen molar-refractivity contribution in [2.45, 2.75) is 44.6 Å². The molecule has 0 unspecified atom stereocenters. The molecule has 0 bridgehead atoms. The molecule has 24 heavy (non-hydrogen) atoms. The van der Waals surface area contributed by atoms with Crippen LogP contribution in [0.5, 0.6) is 0 Å². The molecule has 1 N–H and O–H groups in total. The van der Waals surface area contributed by atoms with Gasteiger partial charge < -0.3 is 9.88 Å². The lowest BCUT2D eigenvalue weighted by Gasteiger charge is -2.44. The number of hydrogen-bond acceptors (Lipinski definition) is 3. The molecule has 2 heterocycles. The molecule has 1 aliphatic carbocycles. The third-order valence-corrected chi connectivity index (χ3v) is 5.57. The monoisotopic (exact) mass is 327 g/mol. The maximum absolute atomic E-state index is 13.0. The normalized spacial score (nSPS) is 23.9. The topological polar surface area (TPSA) is 79.2 Å². The van der Waals surface area contributed by atoms with Crippen LogP contribution in [0.3, 0.4) is 0 Å². The van der Waals surface area contributed by atoms with Crippen molar-refractivity contribution in [1.29, 1.82) is 0 Å². The fraction of sp³-hybridized carbons (Fsp3) is 0.500. The number of rotatable bonds is 2. The Labute approximate surface area is 140 Å². The molecule has 6 heteroatoms. The molecule has 1 aliphatic heterocycles. The van der Waals surface area contributed by atoms with E-state index in [1.165, 1.54) is 31.7 Å². The van der Waals surface area contributed by atoms with Gasteiger partial charge in [-0.1, -0.05) is 25.0 Å². The van der Waals surface area contributed by atoms with Crippen molar-refractivity contribution in [2.75, 3.05) is 6.54 Å². The molecule has 1 aromatic heterocycles. The molecule has 2 atom stereocenters. The zero-order valence-corrected chi connectivity index (χ0v) is 13.5. The number of hydrogen-bond donors (Lipinski definition) is 1. The first-order valence-electron chi connectivity index (χ1n) is 8.72. The number of nitrogens with zero attached hydrogens (tertiary/aromatic N) is 2. The van der Waals surface area contributed by atoms with E-state index in [1.54, 1.807) is 18.2 Å². The Morgan fingerprint density at radius 2 is 2.00 bits per heavy atom. The number of aromatic amines is 1. The van der Waals surface area contributed by atoms with Gasteiger partial charge >= 0.3 is 0 Å². The van der Waals surface area contributed by atoms with Gasteiger partial charge in [-0.05, 0) is 37.7 Å². The van der Waals surface area contributed by atoms with Crippen molar-refractivity contribution in [1.82, 2.24) is 9.88 Å². The minimum Gasteiger partial charge on any atom is -0.345 e. The van der Waals surface area contributed by atoms with Crippen LogP contribution in [0.1, 0.15) is 49.0 Å². The highest BCUT2D eigenvalue weighted by molar-refractivity contribution is 6.00. The zero-order chi connectivity index (χ0) is 16.7. The fourth-order valence-corrected chi connectivity index (χ4v) is 4.44. The highest BCUT2D eigenvalue weighted by Gasteiger charge is 2.36. The fourth-order valence-electron chi connectivity index (χ4n) is 4.44. The second kappa shape index (κ2) is 5.92. The lowest BCUT2D eigenvalue weighted by molar-refractivity contribution is -0.383. The van der Waals surface area contributed by atoms with Gasteiger partial charge in [0, 0.05) is 24.0 Å². The van der Waals surface area contributed by atoms with Crippen LogP contribution in [0.15, 0.2) is 24.3 Å². The summed E-state index contributed by atoms with van der Waals surface area (Å²) in [4.78, 5) is 28.8. The van der Waals surface area contributed by atoms with Gasteiger partial charge in [0.05, 0.1) is 4.92 Å². The number of likely N-dealkylation sites (tertiary alicyclic amines) is 1. The number of carbonyl (C=O) groups excluding carboxylic acids is 1. The summed E-state index contributed by atoms with van der Waals surface area (Å²) in [6, 6.07) is 7.00. The van der Waals surface area contributed by atoms with Crippen molar-refractivity contribution in [3.8, 4) is 0 Å². The molecule has 1 saturated carbocycles. The van der Waals surface area contributed by atoms with E-state index in [1.807, 2.05) is 4.90 Å². The molecule has 0 spiro atoms. The summed E-state index contributed by atoms with van der Waals surface area (Å²) in [5.74, 6) is 0.604. The second-order valence-corrected chi connectivity index (χ2v) is 6.93. The Morgan fingerprint density at radius 1 is 1.21 bits per heavy atom. The summed E-state index contributed by atoms with van der Waals surface area (Å²) in [6.07, 6.45) is 7.01. The number of carbonyl (C=O) groups is 1. The van der Waals surface area contributed by atoms with E-state index in [-0.39, 0.29) is 11.6 Å². The van der Waals surface area contributed by atoms with E-state index in [2.05, 4.69) is 4.98 Å². The highest BCUT2D eigenvalue weighted by Crippen LogP contribution is 2.36. The zero-order valence-electron chi connectivity index (χ0n) is 13.5. The van der Waals surface area contributed by atoms with Gasteiger partial charge in [-0.2, -0.15) is 0 Å². The highest BCUT2D eigenvalue weighted by atomic mass is 16.6. The Kier molecular flexibility index (Phi) is 3.75. The SMILES string of the molecule is O=C(c1cc2cccc([N+](=O)[O-])c2[nH]1)N1CCC[C@H]2CCCC[C@@H]21. The number of piperidine rings is 1. The molecule has 2 aliphatic rings. The van der Waals surface area contributed by atoms with Gasteiger partial charge in [0.2, 0.25) is 0 Å². The molecule has 1 aromatic carbocycles. The first-order chi connectivity index (χ1) is 11.6. The summed E-state index contributed by atoms with van der Waals surface area (Å²) in [7, 11) is 0. The van der Waals surface area contributed by atoms with Crippen LogP contribution in [0.2, 0.25) is 0 Å². The predicted molar refractivity (Wildman–Crippen MR) is 91.0 cm³/mol. The van der Waals surface area contributed by atoms with Crippen molar-refractivity contribution >= 4 is 22.5 Å². The van der Waals surface area contributed by atoms with Crippen LogP contribution >= 0.6 is 0 Å². The van der Waals surface area contributed by atoms with Crippen LogP contribution in [0, 0.1) is 16.0 Å². The maximum Gasteiger partial charge on any atom is 0.293 e. The second-order valence-electron chi connectivity index (χ2n) is 6.93. The molecule has 1 amide bonds. The number of fused-ring (bicyclic) bond motifs is 2. The van der Waals surface area contributed by atoms with Crippen molar-refractivity contribution < 1.29 is 9.72 Å². The third-order valence-electron chi connectivity index (χ3n) is 5.57. The van der Waals surface area contributed by atoms with Crippen molar-refractivity contribution in [3.63, 3.8) is 0 Å². The molecule has 2 fully saturated rings. The lowest BCUT2D eigenvalue weighted by atomic mass is 9.78. The number of nitro benzene ring substituents is 1. The average Bonchev–Trinajstić information content (AvgIpc) is 3.04. The van der Waals surface area contributed by atoms with Gasteiger partial charge in [-0.25, -0.2) is 0 Å². The lowest BCUT2D eigenvalue weighted by Crippen LogP contribution is -2.49. The van der Waals surface area contributed by atoms with Gasteiger partial charge in [-0.15, -0.1) is 0 Å². The molecule has 1 saturated heterocycles. The number of nitrogens with one attached hydrogen (secondary N) is 1. The van der Waals surface area contributed by atoms with Crippen LogP contribution in [-0.2, 0) is 0 Å². The summed E-state index contributed by atoms with van der Waals surface area (Å²) < 4.78 is 0. The van der Waals surface area contributed by atoms with E-state index in [0.29, 0.717) is 28.6 Å². The molecule has 126 valence electrons. The Balaban J connectivity index is 1.68. The smallest absolute Gasteiger partial charge is 0.293 e. The average molecular weight is 327 g/mol. The van der Waals surface area contributed by atoms with E-state index in [9.17, 15) is 14.9 Å². The molecule has 6 nitrogen and oxygen atoms in total. The van der Waals surface area contributed by atoms with Crippen LogP contribution in [0.25, 0.3) is 10.9 Å². The number of non-ortho nitro benzene ring substituents is 1. The summed E-state index contributed by atoms with van der Waals surface area (Å²) in [6.45, 7) is 0.789. The standard InChI is InChI=1S/C18H21N3O3/c22-18(20-10-4-7-12-5-1-2-8-15(12)20)14-11-13-6-3-9-16(21(23)24)17(13)19-14/h3,6,9,11-12,15,19H,1-2,4-5,7-8,10H2/t12-,15+/m1/s1. The minimum atomic E-state index is -0.412. The Morgan fingerprint density at radius 3 is 2.83 bits per heavy atom. The molecule has 2 aromatic rings. The maximum atomic E-state index is 13.0. The van der Waals surface area contributed by atoms with Crippen LogP contribution in [-0.4, -0.2) is 33.3 Å². The number of aromatic nitrogens is 1. The van der Waals surface area contributed by atoms with Gasteiger partial charge in [0.25, 0.3) is 11.6 Å². The summed E-state index contributed by atoms with van der Waals surface area (Å²) in [5, 5.41) is 11.9. The van der Waals surface area contributed by atoms with E-state index in [4.69, 9.17) is 0 Å². The number of para-hydroxylation sites is 1. The van der Waals surface area contributed by atoms with Crippen molar-refractivity contribution in [3.05, 3.63) is 40.1 Å². The Bertz CT molecular complexity index is 796. The van der Waals surface area contributed by atoms with E-state index in [0.717, 1.165) is 19.4 Å². The molecule has 0 radical (unpaired) electrons. The molecular formula is C18H21N3O3. The number of amides is 1.